The van der Waals surface area contributed by atoms with Crippen molar-refractivity contribution in [3.63, 3.8) is 0 Å². The van der Waals surface area contributed by atoms with Crippen LogP contribution in [0, 0.1) is 6.92 Å². The highest BCUT2D eigenvalue weighted by molar-refractivity contribution is 7.98. The van der Waals surface area contributed by atoms with Crippen molar-refractivity contribution in [2.75, 3.05) is 18.6 Å². The summed E-state index contributed by atoms with van der Waals surface area (Å²) >= 11 is 3.16. The number of pyridine rings is 1. The van der Waals surface area contributed by atoms with Crippen molar-refractivity contribution in [1.29, 1.82) is 0 Å². The van der Waals surface area contributed by atoms with E-state index in [1.54, 1.807) is 36.1 Å². The SMILES string of the molecule is CSCC(C)(O)CNC(=O)c1ccc(-c2ccsc2)nc1C. The molecule has 1 unspecified atom stereocenters. The molecule has 0 spiro atoms. The van der Waals surface area contributed by atoms with Gasteiger partial charge in [0.05, 0.1) is 22.6 Å². The van der Waals surface area contributed by atoms with Gasteiger partial charge in [-0.25, -0.2) is 0 Å². The number of hydrogen-bond acceptors (Lipinski definition) is 5. The van der Waals surface area contributed by atoms with Crippen LogP contribution in [0.2, 0.25) is 0 Å². The number of nitrogens with zero attached hydrogens (tertiary/aromatic N) is 1. The molecule has 0 saturated heterocycles. The van der Waals surface area contributed by atoms with Crippen LogP contribution in [-0.4, -0.2) is 40.2 Å². The zero-order valence-electron chi connectivity index (χ0n) is 12.9. The lowest BCUT2D eigenvalue weighted by atomic mass is 10.1. The van der Waals surface area contributed by atoms with E-state index in [9.17, 15) is 9.90 Å². The van der Waals surface area contributed by atoms with Gasteiger partial charge in [0.25, 0.3) is 5.91 Å². The van der Waals surface area contributed by atoms with Gasteiger partial charge in [-0.05, 0) is 43.7 Å². The van der Waals surface area contributed by atoms with E-state index in [4.69, 9.17) is 0 Å². The van der Waals surface area contributed by atoms with E-state index in [0.29, 0.717) is 17.0 Å². The van der Waals surface area contributed by atoms with Gasteiger partial charge in [0.1, 0.15) is 0 Å². The van der Waals surface area contributed by atoms with Gasteiger partial charge in [-0.2, -0.15) is 23.1 Å². The van der Waals surface area contributed by atoms with Gasteiger partial charge in [0.15, 0.2) is 0 Å². The Bertz CT molecular complexity index is 640. The molecule has 0 radical (unpaired) electrons. The maximum absolute atomic E-state index is 12.2. The number of carbonyl (C=O) groups excluding carboxylic acids is 1. The molecule has 22 heavy (non-hydrogen) atoms. The minimum Gasteiger partial charge on any atom is -0.387 e. The molecule has 0 saturated carbocycles. The molecule has 0 bridgehead atoms. The molecular weight excluding hydrogens is 316 g/mol. The number of aryl methyl sites for hydroxylation is 1. The average molecular weight is 336 g/mol. The minimum atomic E-state index is -0.910. The first-order chi connectivity index (χ1) is 10.4. The van der Waals surface area contributed by atoms with Crippen LogP contribution in [0.1, 0.15) is 23.0 Å². The molecule has 0 aromatic carbocycles. The summed E-state index contributed by atoms with van der Waals surface area (Å²) < 4.78 is 0. The Labute approximate surface area is 139 Å². The number of thioether (sulfide) groups is 1. The molecule has 0 fully saturated rings. The fraction of sp³-hybridized carbons (Fsp3) is 0.375. The lowest BCUT2D eigenvalue weighted by Crippen LogP contribution is -2.42. The van der Waals surface area contributed by atoms with Gasteiger partial charge in [-0.1, -0.05) is 0 Å². The average Bonchev–Trinajstić information content (AvgIpc) is 2.99. The van der Waals surface area contributed by atoms with Crippen LogP contribution in [0.25, 0.3) is 11.3 Å². The monoisotopic (exact) mass is 336 g/mol. The Morgan fingerprint density at radius 3 is 2.82 bits per heavy atom. The molecule has 6 heteroatoms. The number of aliphatic hydroxyl groups is 1. The maximum Gasteiger partial charge on any atom is 0.253 e. The molecule has 2 heterocycles. The van der Waals surface area contributed by atoms with Gasteiger partial charge in [0, 0.05) is 23.2 Å². The zero-order chi connectivity index (χ0) is 16.2. The summed E-state index contributed by atoms with van der Waals surface area (Å²) in [6, 6.07) is 5.64. The molecule has 4 nitrogen and oxygen atoms in total. The Balaban J connectivity index is 2.07. The highest BCUT2D eigenvalue weighted by atomic mass is 32.2. The maximum atomic E-state index is 12.2. The van der Waals surface area contributed by atoms with Crippen LogP contribution in [0.15, 0.2) is 29.0 Å². The quantitative estimate of drug-likeness (QED) is 0.851. The Morgan fingerprint density at radius 2 is 2.23 bits per heavy atom. The first kappa shape index (κ1) is 17.0. The van der Waals surface area contributed by atoms with Gasteiger partial charge < -0.3 is 10.4 Å². The van der Waals surface area contributed by atoms with Crippen LogP contribution in [0.5, 0.6) is 0 Å². The van der Waals surface area contributed by atoms with Crippen LogP contribution in [0.4, 0.5) is 0 Å². The highest BCUT2D eigenvalue weighted by Crippen LogP contribution is 2.21. The lowest BCUT2D eigenvalue weighted by Gasteiger charge is -2.22. The van der Waals surface area contributed by atoms with E-state index in [1.807, 2.05) is 36.1 Å². The Kier molecular flexibility index (Phi) is 5.61. The topological polar surface area (TPSA) is 62.2 Å². The van der Waals surface area contributed by atoms with Gasteiger partial charge in [-0.3, -0.25) is 9.78 Å². The third kappa shape index (κ3) is 4.32. The number of nitrogens with one attached hydrogen (secondary N) is 1. The predicted octanol–water partition coefficient (Wildman–Crippen LogP) is 2.96. The number of aromatic nitrogens is 1. The largest absolute Gasteiger partial charge is 0.387 e. The van der Waals surface area contributed by atoms with Gasteiger partial charge >= 0.3 is 0 Å². The highest BCUT2D eigenvalue weighted by Gasteiger charge is 2.21. The molecule has 0 aliphatic heterocycles. The van der Waals surface area contributed by atoms with E-state index in [1.165, 1.54) is 0 Å². The third-order valence-corrected chi connectivity index (χ3v) is 4.83. The van der Waals surface area contributed by atoms with E-state index >= 15 is 0 Å². The van der Waals surface area contributed by atoms with E-state index < -0.39 is 5.60 Å². The Morgan fingerprint density at radius 1 is 1.45 bits per heavy atom. The fourth-order valence-corrected chi connectivity index (χ4v) is 3.47. The van der Waals surface area contributed by atoms with Crippen molar-refractivity contribution in [1.82, 2.24) is 10.3 Å². The lowest BCUT2D eigenvalue weighted by molar-refractivity contribution is 0.0724. The third-order valence-electron chi connectivity index (χ3n) is 3.23. The summed E-state index contributed by atoms with van der Waals surface area (Å²) in [7, 11) is 0. The summed E-state index contributed by atoms with van der Waals surface area (Å²) in [4.78, 5) is 16.7. The summed E-state index contributed by atoms with van der Waals surface area (Å²) in [5.41, 5.74) is 2.24. The molecule has 1 atom stereocenters. The van der Waals surface area contributed by atoms with Crippen molar-refractivity contribution in [2.45, 2.75) is 19.4 Å². The second-order valence-electron chi connectivity index (χ2n) is 5.45. The smallest absolute Gasteiger partial charge is 0.253 e. The number of hydrogen-bond donors (Lipinski definition) is 2. The molecule has 0 aliphatic carbocycles. The molecule has 2 aromatic heterocycles. The second-order valence-corrected chi connectivity index (χ2v) is 7.10. The fourth-order valence-electron chi connectivity index (χ4n) is 2.10. The predicted molar refractivity (Wildman–Crippen MR) is 93.6 cm³/mol. The van der Waals surface area contributed by atoms with Crippen molar-refractivity contribution >= 4 is 29.0 Å². The Hall–Kier alpha value is -1.37. The molecule has 118 valence electrons. The van der Waals surface area contributed by atoms with Gasteiger partial charge in [-0.15, -0.1) is 0 Å². The first-order valence-corrected chi connectivity index (χ1v) is 9.26. The number of carbonyl (C=O) groups is 1. The van der Waals surface area contributed by atoms with E-state index in [2.05, 4.69) is 10.3 Å². The zero-order valence-corrected chi connectivity index (χ0v) is 14.6. The molecule has 2 rings (SSSR count). The van der Waals surface area contributed by atoms with Crippen LogP contribution < -0.4 is 5.32 Å². The van der Waals surface area contributed by atoms with Crippen LogP contribution in [-0.2, 0) is 0 Å². The number of thiophene rings is 1. The second kappa shape index (κ2) is 7.26. The van der Waals surface area contributed by atoms with E-state index in [0.717, 1.165) is 11.3 Å². The first-order valence-electron chi connectivity index (χ1n) is 6.93. The standard InChI is InChI=1S/C16H20N2O2S2/c1-11-13(15(19)17-9-16(2,20)10-21-3)4-5-14(18-11)12-6-7-22-8-12/h4-8,20H,9-10H2,1-3H3,(H,17,19). The van der Waals surface area contributed by atoms with E-state index in [-0.39, 0.29) is 12.5 Å². The number of rotatable bonds is 6. The molecule has 2 aromatic rings. The van der Waals surface area contributed by atoms with Crippen molar-refractivity contribution in [2.24, 2.45) is 0 Å². The summed E-state index contributed by atoms with van der Waals surface area (Å²) in [6.45, 7) is 3.76. The van der Waals surface area contributed by atoms with Crippen molar-refractivity contribution in [3.05, 3.63) is 40.2 Å². The molecule has 1 amide bonds. The molecule has 2 N–H and O–H groups in total. The molecule has 0 aliphatic rings. The van der Waals surface area contributed by atoms with Crippen LogP contribution in [0.3, 0.4) is 0 Å². The summed E-state index contributed by atoms with van der Waals surface area (Å²) in [5.74, 6) is 0.366. The minimum absolute atomic E-state index is 0.205. The summed E-state index contributed by atoms with van der Waals surface area (Å²) in [6.07, 6.45) is 1.92. The normalized spacial score (nSPS) is 13.6. The van der Waals surface area contributed by atoms with Crippen molar-refractivity contribution in [3.8, 4) is 11.3 Å². The number of amides is 1. The van der Waals surface area contributed by atoms with Gasteiger partial charge in [0.2, 0.25) is 0 Å². The summed E-state index contributed by atoms with van der Waals surface area (Å²) in [5, 5.41) is 16.9. The van der Waals surface area contributed by atoms with Crippen molar-refractivity contribution < 1.29 is 9.90 Å². The van der Waals surface area contributed by atoms with Crippen LogP contribution >= 0.6 is 23.1 Å². The molecular formula is C16H20N2O2S2.